The van der Waals surface area contributed by atoms with Crippen molar-refractivity contribution in [3.05, 3.63) is 17.2 Å². The fraction of sp³-hybridized carbons (Fsp3) is 0.812. The van der Waals surface area contributed by atoms with Crippen molar-refractivity contribution in [1.82, 2.24) is 9.97 Å². The van der Waals surface area contributed by atoms with Crippen LogP contribution in [0.3, 0.4) is 0 Å². The second-order valence-corrected chi connectivity index (χ2v) is 6.71. The molecule has 2 nitrogen and oxygen atoms in total. The largest absolute Gasteiger partial charge is 0.345 e. The Balaban J connectivity index is 1.93. The van der Waals surface area contributed by atoms with E-state index in [-0.39, 0.29) is 0 Å². The molecule has 18 heavy (non-hydrogen) atoms. The van der Waals surface area contributed by atoms with E-state index in [1.165, 1.54) is 62.2 Å². The molecule has 1 fully saturated rings. The Kier molecular flexibility index (Phi) is 2.99. The van der Waals surface area contributed by atoms with Crippen LogP contribution in [0.25, 0.3) is 0 Å². The summed E-state index contributed by atoms with van der Waals surface area (Å²) < 4.78 is 0. The Morgan fingerprint density at radius 3 is 2.50 bits per heavy atom. The second-order valence-electron chi connectivity index (χ2n) is 6.71. The predicted molar refractivity (Wildman–Crippen MR) is 74.8 cm³/mol. The Bertz CT molecular complexity index is 399. The Morgan fingerprint density at radius 2 is 1.83 bits per heavy atom. The molecule has 0 aromatic carbocycles. The van der Waals surface area contributed by atoms with Crippen LogP contribution < -0.4 is 0 Å². The minimum Gasteiger partial charge on any atom is -0.345 e. The summed E-state index contributed by atoms with van der Waals surface area (Å²) in [7, 11) is 0. The molecule has 1 N–H and O–H groups in total. The van der Waals surface area contributed by atoms with E-state index in [9.17, 15) is 0 Å². The number of aromatic nitrogens is 2. The number of fused-ring (bicyclic) bond motifs is 1. The van der Waals surface area contributed by atoms with Crippen molar-refractivity contribution in [2.45, 2.75) is 71.1 Å². The molecule has 1 aromatic heterocycles. The van der Waals surface area contributed by atoms with Gasteiger partial charge in [0.2, 0.25) is 0 Å². The molecule has 1 saturated carbocycles. The van der Waals surface area contributed by atoms with Crippen molar-refractivity contribution < 1.29 is 0 Å². The van der Waals surface area contributed by atoms with Crippen LogP contribution in [0.2, 0.25) is 0 Å². The fourth-order valence-corrected chi connectivity index (χ4v) is 3.87. The molecule has 100 valence electrons. The zero-order chi connectivity index (χ0) is 12.8. The summed E-state index contributed by atoms with van der Waals surface area (Å²) >= 11 is 0. The number of aromatic amines is 1. The van der Waals surface area contributed by atoms with E-state index in [0.29, 0.717) is 5.41 Å². The molecule has 2 atom stereocenters. The molecule has 3 rings (SSSR count). The van der Waals surface area contributed by atoms with Crippen molar-refractivity contribution in [2.24, 2.45) is 11.8 Å². The number of nitrogens with one attached hydrogen (secondary N) is 1. The van der Waals surface area contributed by atoms with Crippen molar-refractivity contribution in [1.29, 1.82) is 0 Å². The summed E-state index contributed by atoms with van der Waals surface area (Å²) in [6.07, 6.45) is 9.04. The third kappa shape index (κ3) is 1.81. The SMILES string of the molecule is CCC1(c2nc3c([nH]2)CC(C)C(C)C3)CCCC1. The third-order valence-corrected chi connectivity index (χ3v) is 5.62. The van der Waals surface area contributed by atoms with Crippen LogP contribution in [0.15, 0.2) is 0 Å². The van der Waals surface area contributed by atoms with Gasteiger partial charge in [-0.3, -0.25) is 0 Å². The Hall–Kier alpha value is -0.790. The minimum atomic E-state index is 0.379. The van der Waals surface area contributed by atoms with Gasteiger partial charge in [-0.15, -0.1) is 0 Å². The second kappa shape index (κ2) is 4.40. The lowest BCUT2D eigenvalue weighted by Crippen LogP contribution is -2.22. The van der Waals surface area contributed by atoms with Crippen LogP contribution in [-0.4, -0.2) is 9.97 Å². The van der Waals surface area contributed by atoms with E-state index in [0.717, 1.165) is 11.8 Å². The lowest BCUT2D eigenvalue weighted by atomic mass is 9.82. The first-order chi connectivity index (χ1) is 8.64. The number of imidazole rings is 1. The van der Waals surface area contributed by atoms with Crippen LogP contribution >= 0.6 is 0 Å². The monoisotopic (exact) mass is 246 g/mol. The third-order valence-electron chi connectivity index (χ3n) is 5.62. The number of hydrogen-bond acceptors (Lipinski definition) is 1. The van der Waals surface area contributed by atoms with Crippen molar-refractivity contribution >= 4 is 0 Å². The van der Waals surface area contributed by atoms with E-state index in [2.05, 4.69) is 25.8 Å². The molecular weight excluding hydrogens is 220 g/mol. The maximum Gasteiger partial charge on any atom is 0.112 e. The van der Waals surface area contributed by atoms with Crippen LogP contribution in [-0.2, 0) is 18.3 Å². The maximum atomic E-state index is 5.01. The highest BCUT2D eigenvalue weighted by Crippen LogP contribution is 2.43. The smallest absolute Gasteiger partial charge is 0.112 e. The maximum absolute atomic E-state index is 5.01. The van der Waals surface area contributed by atoms with Gasteiger partial charge in [0.1, 0.15) is 5.82 Å². The van der Waals surface area contributed by atoms with Crippen LogP contribution in [0.5, 0.6) is 0 Å². The van der Waals surface area contributed by atoms with Crippen LogP contribution in [0.1, 0.15) is 70.1 Å². The zero-order valence-corrected chi connectivity index (χ0v) is 12.1. The lowest BCUT2D eigenvalue weighted by Gasteiger charge is -2.24. The molecule has 2 unspecified atom stereocenters. The quantitative estimate of drug-likeness (QED) is 0.839. The summed E-state index contributed by atoms with van der Waals surface area (Å²) in [5, 5.41) is 0. The normalized spacial score (nSPS) is 30.4. The van der Waals surface area contributed by atoms with E-state index >= 15 is 0 Å². The summed E-state index contributed by atoms with van der Waals surface area (Å²) in [5.74, 6) is 2.90. The van der Waals surface area contributed by atoms with E-state index in [1.807, 2.05) is 0 Å². The minimum absolute atomic E-state index is 0.379. The van der Waals surface area contributed by atoms with Crippen molar-refractivity contribution in [3.8, 4) is 0 Å². The van der Waals surface area contributed by atoms with Gasteiger partial charge in [0, 0.05) is 11.1 Å². The van der Waals surface area contributed by atoms with Gasteiger partial charge in [-0.1, -0.05) is 33.6 Å². The van der Waals surface area contributed by atoms with E-state index in [1.54, 1.807) is 0 Å². The highest BCUT2D eigenvalue weighted by molar-refractivity contribution is 5.24. The predicted octanol–water partition coefficient (Wildman–Crippen LogP) is 4.00. The fourth-order valence-electron chi connectivity index (χ4n) is 3.87. The standard InChI is InChI=1S/C16H26N2/c1-4-16(7-5-6-8-16)15-17-13-9-11(2)12(3)10-14(13)18-15/h11-12H,4-10H2,1-3H3,(H,17,18). The highest BCUT2D eigenvalue weighted by Gasteiger charge is 2.38. The summed E-state index contributed by atoms with van der Waals surface area (Å²) in [6, 6.07) is 0. The van der Waals surface area contributed by atoms with Gasteiger partial charge < -0.3 is 4.98 Å². The van der Waals surface area contributed by atoms with Gasteiger partial charge in [0.05, 0.1) is 5.69 Å². The number of H-pyrrole nitrogens is 1. The zero-order valence-electron chi connectivity index (χ0n) is 12.1. The number of nitrogens with zero attached hydrogens (tertiary/aromatic N) is 1. The summed E-state index contributed by atoms with van der Waals surface area (Å²) in [4.78, 5) is 8.71. The van der Waals surface area contributed by atoms with Gasteiger partial charge >= 0.3 is 0 Å². The first kappa shape index (κ1) is 12.3. The van der Waals surface area contributed by atoms with Gasteiger partial charge in [-0.25, -0.2) is 4.98 Å². The Labute approximate surface area is 111 Å². The summed E-state index contributed by atoms with van der Waals surface area (Å²) in [5.41, 5.74) is 3.19. The average Bonchev–Trinajstić information content (AvgIpc) is 2.96. The van der Waals surface area contributed by atoms with Crippen LogP contribution in [0.4, 0.5) is 0 Å². The van der Waals surface area contributed by atoms with Gasteiger partial charge in [-0.2, -0.15) is 0 Å². The molecule has 2 heteroatoms. The van der Waals surface area contributed by atoms with Crippen molar-refractivity contribution in [3.63, 3.8) is 0 Å². The molecule has 2 aliphatic carbocycles. The molecule has 1 heterocycles. The molecule has 2 aliphatic rings. The number of hydrogen-bond donors (Lipinski definition) is 1. The topological polar surface area (TPSA) is 28.7 Å². The molecule has 0 saturated heterocycles. The molecule has 0 bridgehead atoms. The van der Waals surface area contributed by atoms with Gasteiger partial charge in [0.15, 0.2) is 0 Å². The van der Waals surface area contributed by atoms with E-state index < -0.39 is 0 Å². The first-order valence-electron chi connectivity index (χ1n) is 7.73. The molecular formula is C16H26N2. The first-order valence-corrected chi connectivity index (χ1v) is 7.73. The molecule has 1 aromatic rings. The average molecular weight is 246 g/mol. The summed E-state index contributed by atoms with van der Waals surface area (Å²) in [6.45, 7) is 7.07. The Morgan fingerprint density at radius 1 is 1.17 bits per heavy atom. The van der Waals surface area contributed by atoms with Gasteiger partial charge in [-0.05, 0) is 43.9 Å². The highest BCUT2D eigenvalue weighted by atomic mass is 15.0. The molecule has 0 radical (unpaired) electrons. The molecule has 0 aliphatic heterocycles. The van der Waals surface area contributed by atoms with Crippen LogP contribution in [0, 0.1) is 11.8 Å². The number of rotatable bonds is 2. The van der Waals surface area contributed by atoms with Crippen molar-refractivity contribution in [2.75, 3.05) is 0 Å². The molecule has 0 amide bonds. The van der Waals surface area contributed by atoms with Gasteiger partial charge in [0.25, 0.3) is 0 Å². The van der Waals surface area contributed by atoms with E-state index in [4.69, 9.17) is 4.98 Å². The molecule has 0 spiro atoms. The lowest BCUT2D eigenvalue weighted by molar-refractivity contribution is 0.355.